The van der Waals surface area contributed by atoms with Crippen LogP contribution in [0.25, 0.3) is 0 Å². The van der Waals surface area contributed by atoms with Gasteiger partial charge in [-0.15, -0.1) is 0 Å². The van der Waals surface area contributed by atoms with Gasteiger partial charge in [-0.3, -0.25) is 4.79 Å². The van der Waals surface area contributed by atoms with E-state index in [4.69, 9.17) is 0 Å². The highest BCUT2D eigenvalue weighted by molar-refractivity contribution is 7.22. The lowest BCUT2D eigenvalue weighted by atomic mass is 10.8. The van der Waals surface area contributed by atoms with Crippen LogP contribution in [0.2, 0.25) is 0 Å². The highest BCUT2D eigenvalue weighted by Gasteiger charge is 1.85. The molecule has 0 rings (SSSR count). The minimum atomic E-state index is -0.451. The fourth-order valence-electron chi connectivity index (χ4n) is 0.0575. The van der Waals surface area contributed by atoms with Gasteiger partial charge in [0, 0.05) is 6.92 Å². The first kappa shape index (κ1) is 5.57. The molecule has 0 N–H and O–H groups in total. The summed E-state index contributed by atoms with van der Waals surface area (Å²) in [5.74, 6) is -0.410. The van der Waals surface area contributed by atoms with Crippen LogP contribution in [0.1, 0.15) is 6.92 Å². The van der Waals surface area contributed by atoms with Crippen molar-refractivity contribution in [3.8, 4) is 0 Å². The number of hydrogen-bond acceptors (Lipinski definition) is 2. The molecule has 3 nitrogen and oxygen atoms in total. The third-order valence-corrected chi connectivity index (χ3v) is 0.545. The Morgan fingerprint density at radius 2 is 2.33 bits per heavy atom. The van der Waals surface area contributed by atoms with Crippen molar-refractivity contribution in [3.63, 3.8) is 0 Å². The predicted molar refractivity (Wildman–Crippen MR) is 20.4 cm³/mol. The summed E-state index contributed by atoms with van der Waals surface area (Å²) in [6.07, 6.45) is 0. The Morgan fingerprint density at radius 1 is 1.83 bits per heavy atom. The molecule has 1 radical (unpaired) electrons. The molecule has 0 fully saturated rings. The summed E-state index contributed by atoms with van der Waals surface area (Å²) in [5, 5.41) is 2.90. The number of carbonyl (C=O) groups excluding carboxylic acids is 1. The first-order chi connectivity index (χ1) is 2.77. The van der Waals surface area contributed by atoms with E-state index >= 15 is 0 Å². The zero-order chi connectivity index (χ0) is 4.99. The normalized spacial score (nSPS) is 8.17. The van der Waals surface area contributed by atoms with Crippen LogP contribution in [0.4, 0.5) is 0 Å². The van der Waals surface area contributed by atoms with Crippen LogP contribution >= 0.6 is 8.61 Å². The van der Waals surface area contributed by atoms with E-state index in [1.54, 1.807) is 0 Å². The Labute approximate surface area is 37.0 Å². The first-order valence-corrected chi connectivity index (χ1v) is 2.08. The summed E-state index contributed by atoms with van der Waals surface area (Å²) in [4.78, 5) is 9.67. The molecule has 0 spiro atoms. The SMILES string of the molecule is CC(=O)[N]P=O. The van der Waals surface area contributed by atoms with Crippen molar-refractivity contribution in [1.82, 2.24) is 5.09 Å². The maximum atomic E-state index is 9.67. The van der Waals surface area contributed by atoms with Gasteiger partial charge in [-0.2, -0.15) is 5.09 Å². The molecule has 0 aliphatic rings. The third kappa shape index (κ3) is 3.57. The second-order valence-corrected chi connectivity index (χ2v) is 1.06. The first-order valence-electron chi connectivity index (χ1n) is 1.31. The predicted octanol–water partition coefficient (Wildman–Crippen LogP) is 0.344. The minimum Gasteiger partial charge on any atom is -0.273 e. The quantitative estimate of drug-likeness (QED) is 0.450. The van der Waals surface area contributed by atoms with E-state index in [1.807, 2.05) is 0 Å². The molecule has 0 aliphatic carbocycles. The standard InChI is InChI=1S/C2H3NO2P/c1-2(4)3-6-5/h1H3. The number of carbonyl (C=O) groups is 1. The fraction of sp³-hybridized carbons (Fsp3) is 0.500. The third-order valence-electron chi connectivity index (χ3n) is 0.182. The molecule has 0 unspecified atom stereocenters. The number of rotatable bonds is 1. The van der Waals surface area contributed by atoms with Gasteiger partial charge in [0.2, 0.25) is 5.91 Å². The Bertz CT molecular complexity index is 71.9. The Kier molecular flexibility index (Phi) is 2.59. The molecular formula is C2H3NO2P. The molecule has 0 saturated heterocycles. The minimum absolute atomic E-state index is 0.410. The van der Waals surface area contributed by atoms with Crippen molar-refractivity contribution < 1.29 is 9.36 Å². The lowest BCUT2D eigenvalue weighted by Gasteiger charge is -1.71. The zero-order valence-corrected chi connectivity index (χ0v) is 4.11. The molecule has 6 heavy (non-hydrogen) atoms. The molecule has 1 amide bonds. The van der Waals surface area contributed by atoms with Crippen LogP contribution < -0.4 is 5.09 Å². The Balaban J connectivity index is 3.05. The largest absolute Gasteiger partial charge is 0.306 e. The second kappa shape index (κ2) is 2.79. The van der Waals surface area contributed by atoms with Crippen molar-refractivity contribution in [2.24, 2.45) is 0 Å². The molecule has 4 heteroatoms. The molecule has 0 atom stereocenters. The molecule has 0 saturated carbocycles. The van der Waals surface area contributed by atoms with E-state index in [2.05, 4.69) is 5.09 Å². The van der Waals surface area contributed by atoms with Gasteiger partial charge in [0.25, 0.3) is 0 Å². The smallest absolute Gasteiger partial charge is 0.273 e. The van der Waals surface area contributed by atoms with Crippen molar-refractivity contribution >= 4 is 14.5 Å². The van der Waals surface area contributed by atoms with Gasteiger partial charge in [-0.05, 0) is 0 Å². The monoisotopic (exact) mass is 104 g/mol. The average molecular weight is 104 g/mol. The van der Waals surface area contributed by atoms with E-state index in [0.717, 1.165) is 0 Å². The summed E-state index contributed by atoms with van der Waals surface area (Å²) in [6, 6.07) is 0. The molecular weight excluding hydrogens is 101 g/mol. The molecule has 0 bridgehead atoms. The summed E-state index contributed by atoms with van der Waals surface area (Å²) >= 11 is 0. The Morgan fingerprint density at radius 3 is 2.33 bits per heavy atom. The van der Waals surface area contributed by atoms with Crippen LogP contribution in [0.15, 0.2) is 0 Å². The summed E-state index contributed by atoms with van der Waals surface area (Å²) in [5.41, 5.74) is 0. The van der Waals surface area contributed by atoms with Gasteiger partial charge >= 0.3 is 8.61 Å². The van der Waals surface area contributed by atoms with Gasteiger partial charge < -0.3 is 0 Å². The molecule has 0 aromatic carbocycles. The van der Waals surface area contributed by atoms with E-state index in [0.29, 0.717) is 0 Å². The molecule has 0 heterocycles. The topological polar surface area (TPSA) is 48.2 Å². The Hall–Kier alpha value is -0.430. The maximum Gasteiger partial charge on any atom is 0.306 e. The van der Waals surface area contributed by atoms with Crippen molar-refractivity contribution in [2.45, 2.75) is 6.92 Å². The second-order valence-electron chi connectivity index (χ2n) is 0.701. The molecule has 0 aromatic heterocycles. The summed E-state index contributed by atoms with van der Waals surface area (Å²) < 4.78 is 9.32. The van der Waals surface area contributed by atoms with Crippen molar-refractivity contribution in [3.05, 3.63) is 0 Å². The van der Waals surface area contributed by atoms with Gasteiger partial charge in [-0.1, -0.05) is 0 Å². The van der Waals surface area contributed by atoms with Crippen LogP contribution in [-0.2, 0) is 9.36 Å². The fourth-order valence-corrected chi connectivity index (χ4v) is 0.172. The molecule has 33 valence electrons. The van der Waals surface area contributed by atoms with Crippen LogP contribution in [0.5, 0.6) is 0 Å². The van der Waals surface area contributed by atoms with Gasteiger partial charge in [0.15, 0.2) is 0 Å². The van der Waals surface area contributed by atoms with E-state index in [-0.39, 0.29) is 0 Å². The van der Waals surface area contributed by atoms with Gasteiger partial charge in [-0.25, -0.2) is 4.57 Å². The van der Waals surface area contributed by atoms with E-state index in [9.17, 15) is 9.36 Å². The van der Waals surface area contributed by atoms with Gasteiger partial charge in [0.1, 0.15) is 0 Å². The number of hydrogen-bond donors (Lipinski definition) is 0. The van der Waals surface area contributed by atoms with Gasteiger partial charge in [0.05, 0.1) is 0 Å². The van der Waals surface area contributed by atoms with E-state index in [1.165, 1.54) is 6.92 Å². The van der Waals surface area contributed by atoms with Crippen LogP contribution in [0, 0.1) is 0 Å². The molecule has 0 aromatic rings. The van der Waals surface area contributed by atoms with Crippen LogP contribution in [0.3, 0.4) is 0 Å². The summed E-state index contributed by atoms with van der Waals surface area (Å²) in [7, 11) is -0.451. The maximum absolute atomic E-state index is 9.67. The van der Waals surface area contributed by atoms with Crippen LogP contribution in [-0.4, -0.2) is 5.91 Å². The lowest BCUT2D eigenvalue weighted by Crippen LogP contribution is -1.95. The zero-order valence-electron chi connectivity index (χ0n) is 3.21. The van der Waals surface area contributed by atoms with Crippen molar-refractivity contribution in [1.29, 1.82) is 0 Å². The lowest BCUT2D eigenvalue weighted by molar-refractivity contribution is -0.117. The molecule has 0 aliphatic heterocycles. The highest BCUT2D eigenvalue weighted by atomic mass is 31.1. The van der Waals surface area contributed by atoms with Crippen molar-refractivity contribution in [2.75, 3.05) is 0 Å². The summed E-state index contributed by atoms with van der Waals surface area (Å²) in [6.45, 7) is 1.24. The number of nitrogens with zero attached hydrogens (tertiary/aromatic N) is 1. The number of amides is 1. The highest BCUT2D eigenvalue weighted by Crippen LogP contribution is 1.81. The van der Waals surface area contributed by atoms with E-state index < -0.39 is 14.5 Å². The average Bonchev–Trinajstić information content (AvgIpc) is 1.35.